The van der Waals surface area contributed by atoms with Crippen molar-refractivity contribution in [2.75, 3.05) is 39.3 Å². The highest BCUT2D eigenvalue weighted by atomic mass is 16.5. The molecule has 0 saturated carbocycles. The van der Waals surface area contributed by atoms with Gasteiger partial charge in [-0.15, -0.1) is 0 Å². The number of amides is 1. The molecule has 0 radical (unpaired) electrons. The van der Waals surface area contributed by atoms with Crippen LogP contribution in [0.1, 0.15) is 55.3 Å². The molecule has 4 heterocycles. The van der Waals surface area contributed by atoms with Gasteiger partial charge in [-0.2, -0.15) is 4.98 Å². The van der Waals surface area contributed by atoms with Crippen LogP contribution in [0.3, 0.4) is 0 Å². The summed E-state index contributed by atoms with van der Waals surface area (Å²) >= 11 is 0. The van der Waals surface area contributed by atoms with Crippen LogP contribution >= 0.6 is 0 Å². The first-order chi connectivity index (χ1) is 18.8. The van der Waals surface area contributed by atoms with Gasteiger partial charge < -0.3 is 24.5 Å². The molecule has 10 nitrogen and oxygen atoms in total. The maximum atomic E-state index is 13.2. The Bertz CT molecular complexity index is 1240. The van der Waals surface area contributed by atoms with E-state index in [1.807, 2.05) is 37.3 Å². The maximum absolute atomic E-state index is 13.2. The van der Waals surface area contributed by atoms with Gasteiger partial charge in [0.1, 0.15) is 23.9 Å². The van der Waals surface area contributed by atoms with Crippen molar-refractivity contribution in [3.63, 3.8) is 0 Å². The van der Waals surface area contributed by atoms with E-state index in [1.165, 1.54) is 30.5 Å². The molecule has 1 aromatic heterocycles. The standard InChI is InChI=1S/C29H39N5O5/c1-22-19-33(20-24(26(35)36)30-28(38)39-21-23-9-3-2-4-10-23)27(37)31-25(22)29-11-7-16-34(29,18-12-29)17-8-15-32-13-5-6-14-32/h2-4,9-10,19,24H,5-8,11-18,20-21H2,1H3,(H-,30,35,36,38)/p+1/t24-,29?,34?/m0/s1. The summed E-state index contributed by atoms with van der Waals surface area (Å²) in [5.41, 5.74) is 1.97. The number of carboxylic acid groups (broad SMARTS) is 1. The second-order valence-corrected chi connectivity index (χ2v) is 11.4. The van der Waals surface area contributed by atoms with Crippen LogP contribution in [-0.4, -0.2) is 81.4 Å². The average Bonchev–Trinajstić information content (AvgIpc) is 3.52. The number of alkyl carbamates (subject to hydrolysis) is 1. The van der Waals surface area contributed by atoms with Gasteiger partial charge in [0, 0.05) is 32.0 Å². The number of nitrogens with one attached hydrogen (secondary N) is 1. The highest BCUT2D eigenvalue weighted by molar-refractivity contribution is 5.79. The summed E-state index contributed by atoms with van der Waals surface area (Å²) < 4.78 is 7.49. The Morgan fingerprint density at radius 1 is 1.15 bits per heavy atom. The van der Waals surface area contributed by atoms with Gasteiger partial charge in [-0.25, -0.2) is 14.4 Å². The molecule has 39 heavy (non-hydrogen) atoms. The Kier molecular flexibility index (Phi) is 8.04. The Morgan fingerprint density at radius 2 is 1.92 bits per heavy atom. The van der Waals surface area contributed by atoms with Crippen LogP contribution in [0.5, 0.6) is 0 Å². The van der Waals surface area contributed by atoms with Crippen molar-refractivity contribution in [1.29, 1.82) is 0 Å². The molecule has 2 N–H and O–H groups in total. The molecule has 3 saturated heterocycles. The molecule has 0 bridgehead atoms. The van der Waals surface area contributed by atoms with Crippen molar-refractivity contribution in [3.8, 4) is 0 Å². The zero-order valence-electron chi connectivity index (χ0n) is 22.8. The van der Waals surface area contributed by atoms with Gasteiger partial charge in [-0.3, -0.25) is 4.57 Å². The number of carboxylic acids is 1. The number of likely N-dealkylation sites (tertiary alicyclic amines) is 1. The number of quaternary nitrogens is 1. The summed E-state index contributed by atoms with van der Waals surface area (Å²) in [4.78, 5) is 44.5. The quantitative estimate of drug-likeness (QED) is 0.423. The van der Waals surface area contributed by atoms with E-state index in [2.05, 4.69) is 15.2 Å². The van der Waals surface area contributed by atoms with Crippen LogP contribution in [0, 0.1) is 6.92 Å². The molecule has 3 fully saturated rings. The minimum atomic E-state index is -1.33. The Hall–Kier alpha value is -3.24. The largest absolute Gasteiger partial charge is 0.480 e. The van der Waals surface area contributed by atoms with Crippen molar-refractivity contribution in [3.05, 3.63) is 63.8 Å². The zero-order chi connectivity index (χ0) is 27.5. The Morgan fingerprint density at radius 3 is 2.62 bits per heavy atom. The van der Waals surface area contributed by atoms with Crippen molar-refractivity contribution in [1.82, 2.24) is 19.8 Å². The molecule has 5 rings (SSSR count). The van der Waals surface area contributed by atoms with E-state index >= 15 is 0 Å². The van der Waals surface area contributed by atoms with Gasteiger partial charge >= 0.3 is 17.8 Å². The highest BCUT2D eigenvalue weighted by Gasteiger charge is 2.64. The monoisotopic (exact) mass is 538 g/mol. The van der Waals surface area contributed by atoms with E-state index in [0.29, 0.717) is 0 Å². The number of hydrogen-bond donors (Lipinski definition) is 2. The smallest absolute Gasteiger partial charge is 0.408 e. The van der Waals surface area contributed by atoms with Crippen LogP contribution < -0.4 is 11.0 Å². The highest BCUT2D eigenvalue weighted by Crippen LogP contribution is 2.55. The van der Waals surface area contributed by atoms with Crippen molar-refractivity contribution >= 4 is 12.1 Å². The van der Waals surface area contributed by atoms with Crippen LogP contribution in [0.15, 0.2) is 41.3 Å². The minimum Gasteiger partial charge on any atom is -0.480 e. The number of aliphatic carboxylic acids is 1. The summed E-state index contributed by atoms with van der Waals surface area (Å²) in [6, 6.07) is 7.80. The van der Waals surface area contributed by atoms with Gasteiger partial charge in [0.2, 0.25) is 0 Å². The number of fused-ring (bicyclic) bond motifs is 1. The third-order valence-electron chi connectivity index (χ3n) is 9.10. The number of carbonyl (C=O) groups excluding carboxylic acids is 1. The van der Waals surface area contributed by atoms with Crippen molar-refractivity contribution < 1.29 is 23.9 Å². The fourth-order valence-corrected chi connectivity index (χ4v) is 7.05. The van der Waals surface area contributed by atoms with E-state index in [4.69, 9.17) is 4.74 Å². The summed E-state index contributed by atoms with van der Waals surface area (Å²) in [6.45, 7) is 8.67. The minimum absolute atomic E-state index is 0.0223. The number of aryl methyl sites for hydroxylation is 1. The van der Waals surface area contributed by atoms with Gasteiger partial charge in [0.25, 0.3) is 0 Å². The Balaban J connectivity index is 1.26. The maximum Gasteiger partial charge on any atom is 0.408 e. The number of carbonyl (C=O) groups is 2. The average molecular weight is 539 g/mol. The first-order valence-electron chi connectivity index (χ1n) is 14.2. The predicted octanol–water partition coefficient (Wildman–Crippen LogP) is 2.63. The first kappa shape index (κ1) is 27.3. The van der Waals surface area contributed by atoms with E-state index < -0.39 is 23.8 Å². The van der Waals surface area contributed by atoms with Gasteiger partial charge in [-0.05, 0) is 44.0 Å². The van der Waals surface area contributed by atoms with Crippen LogP contribution in [0.25, 0.3) is 0 Å². The summed E-state index contributed by atoms with van der Waals surface area (Å²) in [6.07, 6.45) is 7.81. The lowest BCUT2D eigenvalue weighted by Gasteiger charge is -2.57. The van der Waals surface area contributed by atoms with Crippen molar-refractivity contribution in [2.45, 2.75) is 70.2 Å². The summed E-state index contributed by atoms with van der Waals surface area (Å²) in [5.74, 6) is -1.25. The van der Waals surface area contributed by atoms with Crippen LogP contribution in [0.2, 0.25) is 0 Å². The molecule has 2 aromatic rings. The normalized spacial score (nSPS) is 25.1. The molecule has 2 unspecified atom stereocenters. The fraction of sp³-hybridized carbons (Fsp3) is 0.586. The van der Waals surface area contributed by atoms with Gasteiger partial charge in [-0.1, -0.05) is 30.3 Å². The topological polar surface area (TPSA) is 114 Å². The van der Waals surface area contributed by atoms with Crippen LogP contribution in [-0.2, 0) is 28.2 Å². The number of benzene rings is 1. The van der Waals surface area contributed by atoms with Crippen molar-refractivity contribution in [2.24, 2.45) is 0 Å². The summed E-state index contributed by atoms with van der Waals surface area (Å²) in [7, 11) is 0. The van der Waals surface area contributed by atoms with E-state index in [9.17, 15) is 19.5 Å². The summed E-state index contributed by atoms with van der Waals surface area (Å²) in [5, 5.41) is 12.1. The SMILES string of the molecule is Cc1cn(C[C@H](NC(=O)OCc2ccccc2)C(=O)O)c(=O)nc1C12CCC[N+]1(CCCN1CCCC1)CC2. The van der Waals surface area contributed by atoms with Gasteiger partial charge in [0.05, 0.1) is 32.6 Å². The van der Waals surface area contributed by atoms with Gasteiger partial charge in [0.15, 0.2) is 0 Å². The molecule has 3 atom stereocenters. The molecular formula is C29H40N5O5+. The Labute approximate surface area is 229 Å². The number of nitrogens with zero attached hydrogens (tertiary/aromatic N) is 4. The van der Waals surface area contributed by atoms with E-state index in [1.54, 1.807) is 6.20 Å². The molecule has 0 aliphatic carbocycles. The lowest BCUT2D eigenvalue weighted by molar-refractivity contribution is -1.01. The van der Waals surface area contributed by atoms with E-state index in [0.717, 1.165) is 73.2 Å². The fourth-order valence-electron chi connectivity index (χ4n) is 7.05. The number of rotatable bonds is 11. The number of hydrogen-bond acceptors (Lipinski definition) is 6. The molecule has 1 amide bonds. The molecule has 3 aliphatic heterocycles. The van der Waals surface area contributed by atoms with Crippen LogP contribution in [0.4, 0.5) is 4.79 Å². The third-order valence-corrected chi connectivity index (χ3v) is 9.10. The molecule has 3 aliphatic rings. The lowest BCUT2D eigenvalue weighted by Crippen LogP contribution is -2.69. The molecule has 210 valence electrons. The lowest BCUT2D eigenvalue weighted by atomic mass is 9.76. The number of ether oxygens (including phenoxy) is 1. The predicted molar refractivity (Wildman–Crippen MR) is 145 cm³/mol. The zero-order valence-corrected chi connectivity index (χ0v) is 22.8. The number of aromatic nitrogens is 2. The molecule has 0 spiro atoms. The second-order valence-electron chi connectivity index (χ2n) is 11.4. The third kappa shape index (κ3) is 5.58. The molecule has 10 heteroatoms. The molecule has 1 aromatic carbocycles. The second kappa shape index (κ2) is 11.5. The first-order valence-corrected chi connectivity index (χ1v) is 14.2. The van der Waals surface area contributed by atoms with E-state index in [-0.39, 0.29) is 18.7 Å². The molecular weight excluding hydrogens is 498 g/mol.